The van der Waals surface area contributed by atoms with Gasteiger partial charge in [-0.3, -0.25) is 4.79 Å². The molecule has 0 unspecified atom stereocenters. The summed E-state index contributed by atoms with van der Waals surface area (Å²) in [4.78, 5) is 12.1. The van der Waals surface area contributed by atoms with Gasteiger partial charge in [0.15, 0.2) is 0 Å². The van der Waals surface area contributed by atoms with Gasteiger partial charge in [-0.15, -0.1) is 0 Å². The summed E-state index contributed by atoms with van der Waals surface area (Å²) in [5, 5.41) is 0. The van der Waals surface area contributed by atoms with E-state index in [0.717, 1.165) is 22.4 Å². The minimum Gasteiger partial charge on any atom is -0.496 e. The van der Waals surface area contributed by atoms with Crippen molar-refractivity contribution in [1.82, 2.24) is 0 Å². The molecule has 0 fully saturated rings. The maximum atomic E-state index is 12.1. The van der Waals surface area contributed by atoms with Crippen molar-refractivity contribution in [1.29, 1.82) is 0 Å². The molecule has 0 aromatic heterocycles. The van der Waals surface area contributed by atoms with Crippen LogP contribution < -0.4 is 4.74 Å². The maximum absolute atomic E-state index is 12.1. The number of carbonyl (C=O) groups is 1. The van der Waals surface area contributed by atoms with Gasteiger partial charge in [-0.05, 0) is 52.2 Å². The monoisotopic (exact) mass is 320 g/mol. The Kier molecular flexibility index (Phi) is 3.07. The van der Waals surface area contributed by atoms with E-state index in [9.17, 15) is 4.79 Å². The summed E-state index contributed by atoms with van der Waals surface area (Å²) >= 11 is 3.42. The molecule has 2 aliphatic rings. The summed E-state index contributed by atoms with van der Waals surface area (Å²) in [5.41, 5.74) is 2.90. The molecule has 0 aliphatic carbocycles. The average Bonchev–Trinajstić information content (AvgIpc) is 2.83. The SMILES string of the molecule is COc1ccc(C2=C(Br)C(=O)[C@H]3C=C[C@@H]2O3)cc1C. The second kappa shape index (κ2) is 4.62. The van der Waals surface area contributed by atoms with Gasteiger partial charge in [-0.2, -0.15) is 0 Å². The molecule has 2 heterocycles. The van der Waals surface area contributed by atoms with E-state index >= 15 is 0 Å². The number of fused-ring (bicyclic) bond motifs is 2. The third-order valence-electron chi connectivity index (χ3n) is 3.46. The lowest BCUT2D eigenvalue weighted by Gasteiger charge is -2.24. The van der Waals surface area contributed by atoms with E-state index in [1.165, 1.54) is 0 Å². The molecule has 0 N–H and O–H groups in total. The Balaban J connectivity index is 2.10. The number of methoxy groups -OCH3 is 1. The van der Waals surface area contributed by atoms with Crippen LogP contribution in [-0.2, 0) is 9.53 Å². The predicted molar refractivity (Wildman–Crippen MR) is 76.4 cm³/mol. The van der Waals surface area contributed by atoms with Crippen molar-refractivity contribution in [3.8, 4) is 5.75 Å². The highest BCUT2D eigenvalue weighted by Gasteiger charge is 2.37. The number of Topliss-reactive ketones (excluding diaryl/α,β-unsaturated/α-hetero) is 1. The van der Waals surface area contributed by atoms with Crippen LogP contribution in [0.15, 0.2) is 34.8 Å². The highest BCUT2D eigenvalue weighted by Crippen LogP contribution is 2.39. The van der Waals surface area contributed by atoms with Crippen molar-refractivity contribution >= 4 is 27.3 Å². The van der Waals surface area contributed by atoms with Gasteiger partial charge in [0.2, 0.25) is 5.78 Å². The van der Waals surface area contributed by atoms with Gasteiger partial charge in [0.05, 0.1) is 11.6 Å². The first kappa shape index (κ1) is 12.6. The minimum atomic E-state index is -0.428. The van der Waals surface area contributed by atoms with Gasteiger partial charge >= 0.3 is 0 Å². The quantitative estimate of drug-likeness (QED) is 0.786. The summed E-state index contributed by atoms with van der Waals surface area (Å²) in [6.07, 6.45) is 3.18. The van der Waals surface area contributed by atoms with Gasteiger partial charge in [-0.25, -0.2) is 0 Å². The van der Waals surface area contributed by atoms with Crippen molar-refractivity contribution in [3.05, 3.63) is 46.0 Å². The number of ether oxygens (including phenoxy) is 2. The standard InChI is InChI=1S/C15H13BrO3/c1-8-7-9(3-4-10(8)18-2)13-11-5-6-12(19-11)15(17)14(13)16/h3-7,11-12H,1-2H3/t11-,12+/m0/s1. The molecule has 2 atom stereocenters. The number of ketones is 1. The van der Waals surface area contributed by atoms with Crippen molar-refractivity contribution in [2.24, 2.45) is 0 Å². The van der Waals surface area contributed by atoms with E-state index in [1.807, 2.05) is 37.3 Å². The molecule has 0 saturated carbocycles. The summed E-state index contributed by atoms with van der Waals surface area (Å²) < 4.78 is 11.5. The molecule has 4 heteroatoms. The largest absolute Gasteiger partial charge is 0.496 e. The van der Waals surface area contributed by atoms with Gasteiger partial charge in [-0.1, -0.05) is 12.1 Å². The Morgan fingerprint density at radius 1 is 1.26 bits per heavy atom. The Morgan fingerprint density at radius 3 is 2.68 bits per heavy atom. The summed E-state index contributed by atoms with van der Waals surface area (Å²) in [6.45, 7) is 1.98. The van der Waals surface area contributed by atoms with Crippen LogP contribution in [0.2, 0.25) is 0 Å². The van der Waals surface area contributed by atoms with E-state index in [1.54, 1.807) is 7.11 Å². The number of hydrogen-bond acceptors (Lipinski definition) is 3. The zero-order valence-corrected chi connectivity index (χ0v) is 12.2. The molecule has 0 saturated heterocycles. The van der Waals surface area contributed by atoms with Crippen LogP contribution in [0.25, 0.3) is 5.57 Å². The van der Waals surface area contributed by atoms with Gasteiger partial charge in [0.1, 0.15) is 18.0 Å². The highest BCUT2D eigenvalue weighted by atomic mass is 79.9. The number of aryl methyl sites for hydroxylation is 1. The molecular formula is C15H13BrO3. The third kappa shape index (κ3) is 1.95. The molecule has 0 spiro atoms. The van der Waals surface area contributed by atoms with Crippen molar-refractivity contribution < 1.29 is 14.3 Å². The number of benzene rings is 1. The lowest BCUT2D eigenvalue weighted by molar-refractivity contribution is -0.123. The highest BCUT2D eigenvalue weighted by molar-refractivity contribution is 9.12. The lowest BCUT2D eigenvalue weighted by Crippen LogP contribution is -2.29. The Bertz CT molecular complexity index is 616. The smallest absolute Gasteiger partial charge is 0.202 e. The number of rotatable bonds is 2. The molecule has 3 rings (SSSR count). The van der Waals surface area contributed by atoms with E-state index < -0.39 is 6.10 Å². The fraction of sp³-hybridized carbons (Fsp3) is 0.267. The first-order valence-electron chi connectivity index (χ1n) is 6.04. The Hall–Kier alpha value is -1.39. The van der Waals surface area contributed by atoms with E-state index in [-0.39, 0.29) is 11.9 Å². The normalized spacial score (nSPS) is 25.1. The molecule has 1 aromatic rings. The number of carbonyl (C=O) groups excluding carboxylic acids is 1. The third-order valence-corrected chi connectivity index (χ3v) is 4.27. The van der Waals surface area contributed by atoms with Crippen molar-refractivity contribution in [3.63, 3.8) is 0 Å². The zero-order chi connectivity index (χ0) is 13.6. The van der Waals surface area contributed by atoms with Crippen LogP contribution in [0.1, 0.15) is 11.1 Å². The van der Waals surface area contributed by atoms with Gasteiger partial charge in [0.25, 0.3) is 0 Å². The van der Waals surface area contributed by atoms with Crippen LogP contribution in [-0.4, -0.2) is 25.1 Å². The molecule has 98 valence electrons. The second-order valence-corrected chi connectivity index (χ2v) is 5.43. The summed E-state index contributed by atoms with van der Waals surface area (Å²) in [6, 6.07) is 5.87. The van der Waals surface area contributed by atoms with Crippen molar-refractivity contribution in [2.75, 3.05) is 7.11 Å². The molecule has 2 aliphatic heterocycles. The molecule has 2 bridgehead atoms. The van der Waals surface area contributed by atoms with Crippen LogP contribution in [0.4, 0.5) is 0 Å². The topological polar surface area (TPSA) is 35.5 Å². The van der Waals surface area contributed by atoms with E-state index in [4.69, 9.17) is 9.47 Å². The zero-order valence-electron chi connectivity index (χ0n) is 10.6. The summed E-state index contributed by atoms with van der Waals surface area (Å²) in [7, 11) is 1.65. The lowest BCUT2D eigenvalue weighted by atomic mass is 9.96. The summed E-state index contributed by atoms with van der Waals surface area (Å²) in [5.74, 6) is 0.817. The molecule has 0 amide bonds. The first-order valence-corrected chi connectivity index (χ1v) is 6.84. The second-order valence-electron chi connectivity index (χ2n) is 4.64. The fourth-order valence-electron chi connectivity index (χ4n) is 2.48. The molecular weight excluding hydrogens is 308 g/mol. The molecule has 3 nitrogen and oxygen atoms in total. The first-order chi connectivity index (χ1) is 9.11. The van der Waals surface area contributed by atoms with Crippen molar-refractivity contribution in [2.45, 2.75) is 19.1 Å². The van der Waals surface area contributed by atoms with Crippen LogP contribution >= 0.6 is 15.9 Å². The van der Waals surface area contributed by atoms with Crippen LogP contribution in [0.3, 0.4) is 0 Å². The van der Waals surface area contributed by atoms with Gasteiger partial charge in [0, 0.05) is 5.57 Å². The Labute approximate surface area is 120 Å². The van der Waals surface area contributed by atoms with E-state index in [0.29, 0.717) is 4.48 Å². The van der Waals surface area contributed by atoms with Crippen LogP contribution in [0, 0.1) is 6.92 Å². The Morgan fingerprint density at radius 2 is 2.00 bits per heavy atom. The average molecular weight is 321 g/mol. The predicted octanol–water partition coefficient (Wildman–Crippen LogP) is 3.02. The molecule has 19 heavy (non-hydrogen) atoms. The minimum absolute atomic E-state index is 0.0199. The molecule has 1 aromatic carbocycles. The number of hydrogen-bond donors (Lipinski definition) is 0. The molecule has 0 radical (unpaired) electrons. The van der Waals surface area contributed by atoms with Gasteiger partial charge < -0.3 is 9.47 Å². The van der Waals surface area contributed by atoms with Crippen LogP contribution in [0.5, 0.6) is 5.75 Å². The number of halogens is 1. The fourth-order valence-corrected chi connectivity index (χ4v) is 3.16. The maximum Gasteiger partial charge on any atom is 0.202 e. The van der Waals surface area contributed by atoms with E-state index in [2.05, 4.69) is 15.9 Å².